The van der Waals surface area contributed by atoms with E-state index >= 15 is 0 Å². The standard InChI is InChI=1S/C18H20N2O3/c1-13-3-2-4-14(7-13)9-19-11-18(21)20-10-15-5-6-16-17(8-15)23-12-22-16/h2-8,19H,9-12H2,1H3,(H,20,21). The van der Waals surface area contributed by atoms with Crippen LogP contribution in [0.25, 0.3) is 0 Å². The first-order valence-corrected chi connectivity index (χ1v) is 7.62. The zero-order chi connectivity index (χ0) is 16.1. The summed E-state index contributed by atoms with van der Waals surface area (Å²) < 4.78 is 10.6. The Kier molecular flexibility index (Phi) is 4.78. The lowest BCUT2D eigenvalue weighted by atomic mass is 10.1. The number of hydrogen-bond donors (Lipinski definition) is 2. The van der Waals surface area contributed by atoms with Gasteiger partial charge in [0.2, 0.25) is 12.7 Å². The molecule has 0 saturated heterocycles. The maximum Gasteiger partial charge on any atom is 0.234 e. The van der Waals surface area contributed by atoms with Crippen molar-refractivity contribution in [3.05, 3.63) is 59.2 Å². The van der Waals surface area contributed by atoms with Gasteiger partial charge >= 0.3 is 0 Å². The van der Waals surface area contributed by atoms with E-state index in [9.17, 15) is 4.79 Å². The van der Waals surface area contributed by atoms with Gasteiger partial charge in [0.05, 0.1) is 6.54 Å². The van der Waals surface area contributed by atoms with Crippen LogP contribution < -0.4 is 20.1 Å². The number of fused-ring (bicyclic) bond motifs is 1. The van der Waals surface area contributed by atoms with Gasteiger partial charge in [0.1, 0.15) is 0 Å². The van der Waals surface area contributed by atoms with Gasteiger partial charge in [0.25, 0.3) is 0 Å². The third-order valence-corrected chi connectivity index (χ3v) is 3.62. The van der Waals surface area contributed by atoms with E-state index in [4.69, 9.17) is 9.47 Å². The van der Waals surface area contributed by atoms with Crippen LogP contribution in [0.5, 0.6) is 11.5 Å². The highest BCUT2D eigenvalue weighted by atomic mass is 16.7. The van der Waals surface area contributed by atoms with Crippen LogP contribution in [0.2, 0.25) is 0 Å². The number of aryl methyl sites for hydroxylation is 1. The van der Waals surface area contributed by atoms with Crippen LogP contribution in [0.4, 0.5) is 0 Å². The van der Waals surface area contributed by atoms with Crippen LogP contribution in [0.3, 0.4) is 0 Å². The average molecular weight is 312 g/mol. The van der Waals surface area contributed by atoms with Crippen molar-refractivity contribution in [1.29, 1.82) is 0 Å². The molecule has 120 valence electrons. The Morgan fingerprint density at radius 3 is 2.74 bits per heavy atom. The Balaban J connectivity index is 1.41. The van der Waals surface area contributed by atoms with Crippen LogP contribution >= 0.6 is 0 Å². The molecule has 0 aromatic heterocycles. The predicted octanol–water partition coefficient (Wildman–Crippen LogP) is 2.13. The lowest BCUT2D eigenvalue weighted by molar-refractivity contribution is -0.120. The topological polar surface area (TPSA) is 59.6 Å². The summed E-state index contributed by atoms with van der Waals surface area (Å²) in [5.74, 6) is 1.45. The summed E-state index contributed by atoms with van der Waals surface area (Å²) in [5.41, 5.74) is 3.38. The minimum atomic E-state index is -0.0321. The van der Waals surface area contributed by atoms with Crippen molar-refractivity contribution in [3.8, 4) is 11.5 Å². The molecule has 0 radical (unpaired) electrons. The van der Waals surface area contributed by atoms with Gasteiger partial charge < -0.3 is 20.1 Å². The normalized spacial score (nSPS) is 12.2. The zero-order valence-electron chi connectivity index (χ0n) is 13.1. The van der Waals surface area contributed by atoms with E-state index in [1.165, 1.54) is 11.1 Å². The molecule has 5 heteroatoms. The Bertz CT molecular complexity index is 700. The number of benzene rings is 2. The number of ether oxygens (including phenoxy) is 2. The molecule has 5 nitrogen and oxygen atoms in total. The highest BCUT2D eigenvalue weighted by molar-refractivity contribution is 5.78. The number of carbonyl (C=O) groups excluding carboxylic acids is 1. The van der Waals surface area contributed by atoms with E-state index in [1.807, 2.05) is 30.3 Å². The smallest absolute Gasteiger partial charge is 0.234 e. The fraction of sp³-hybridized carbons (Fsp3) is 0.278. The van der Waals surface area contributed by atoms with Crippen LogP contribution in [-0.4, -0.2) is 19.2 Å². The summed E-state index contributed by atoms with van der Waals surface area (Å²) in [5, 5.41) is 6.04. The Hall–Kier alpha value is -2.53. The summed E-state index contributed by atoms with van der Waals surface area (Å²) in [6.07, 6.45) is 0. The highest BCUT2D eigenvalue weighted by Crippen LogP contribution is 2.32. The average Bonchev–Trinajstić information content (AvgIpc) is 3.00. The maximum atomic E-state index is 11.9. The molecular weight excluding hydrogens is 292 g/mol. The zero-order valence-corrected chi connectivity index (χ0v) is 13.1. The molecule has 0 fully saturated rings. The molecule has 2 aromatic carbocycles. The SMILES string of the molecule is Cc1cccc(CNCC(=O)NCc2ccc3c(c2)OCO3)c1. The third kappa shape index (κ3) is 4.23. The molecule has 2 N–H and O–H groups in total. The van der Waals surface area contributed by atoms with Gasteiger partial charge in [-0.1, -0.05) is 35.9 Å². The first kappa shape index (κ1) is 15.4. The molecule has 0 unspecified atom stereocenters. The summed E-state index contributed by atoms with van der Waals surface area (Å²) in [6.45, 7) is 3.76. The van der Waals surface area contributed by atoms with E-state index in [1.54, 1.807) is 0 Å². The monoisotopic (exact) mass is 312 g/mol. The first-order valence-electron chi connectivity index (χ1n) is 7.62. The number of rotatable bonds is 6. The van der Waals surface area contributed by atoms with E-state index in [2.05, 4.69) is 29.7 Å². The van der Waals surface area contributed by atoms with Crippen molar-refractivity contribution < 1.29 is 14.3 Å². The maximum absolute atomic E-state index is 11.9. The molecule has 1 amide bonds. The van der Waals surface area contributed by atoms with E-state index in [0.717, 1.165) is 17.1 Å². The Morgan fingerprint density at radius 2 is 1.87 bits per heavy atom. The van der Waals surface area contributed by atoms with Crippen molar-refractivity contribution in [2.75, 3.05) is 13.3 Å². The molecule has 3 rings (SSSR count). The van der Waals surface area contributed by atoms with E-state index in [-0.39, 0.29) is 12.7 Å². The molecule has 0 atom stereocenters. The minimum absolute atomic E-state index is 0.0321. The van der Waals surface area contributed by atoms with Crippen LogP contribution in [0, 0.1) is 6.92 Å². The Morgan fingerprint density at radius 1 is 1.04 bits per heavy atom. The van der Waals surface area contributed by atoms with E-state index < -0.39 is 0 Å². The quantitative estimate of drug-likeness (QED) is 0.858. The molecule has 1 aliphatic rings. The van der Waals surface area contributed by atoms with Crippen LogP contribution in [-0.2, 0) is 17.9 Å². The lowest BCUT2D eigenvalue weighted by Crippen LogP contribution is -2.33. The molecule has 0 bridgehead atoms. The van der Waals surface area contributed by atoms with Crippen molar-refractivity contribution in [1.82, 2.24) is 10.6 Å². The van der Waals surface area contributed by atoms with E-state index in [0.29, 0.717) is 19.6 Å². The van der Waals surface area contributed by atoms with Gasteiger partial charge in [-0.25, -0.2) is 0 Å². The molecule has 2 aromatic rings. The Labute approximate surface area is 135 Å². The highest BCUT2D eigenvalue weighted by Gasteiger charge is 2.13. The van der Waals surface area contributed by atoms with Crippen molar-refractivity contribution in [2.45, 2.75) is 20.0 Å². The van der Waals surface area contributed by atoms with Gasteiger partial charge in [0, 0.05) is 13.1 Å². The van der Waals surface area contributed by atoms with Crippen LogP contribution in [0.15, 0.2) is 42.5 Å². The summed E-state index contributed by atoms with van der Waals surface area (Å²) in [7, 11) is 0. The molecular formula is C18H20N2O3. The molecule has 0 spiro atoms. The number of carbonyl (C=O) groups is 1. The molecule has 0 aliphatic carbocycles. The number of hydrogen-bond acceptors (Lipinski definition) is 4. The second kappa shape index (κ2) is 7.15. The van der Waals surface area contributed by atoms with Gasteiger partial charge in [-0.05, 0) is 30.2 Å². The summed E-state index contributed by atoms with van der Waals surface area (Å²) in [6, 6.07) is 13.9. The fourth-order valence-electron chi connectivity index (χ4n) is 2.46. The fourth-order valence-corrected chi connectivity index (χ4v) is 2.46. The molecule has 1 aliphatic heterocycles. The molecule has 1 heterocycles. The first-order chi connectivity index (χ1) is 11.2. The van der Waals surface area contributed by atoms with Crippen molar-refractivity contribution in [3.63, 3.8) is 0 Å². The summed E-state index contributed by atoms with van der Waals surface area (Å²) >= 11 is 0. The second-order valence-corrected chi connectivity index (χ2v) is 5.56. The summed E-state index contributed by atoms with van der Waals surface area (Å²) in [4.78, 5) is 11.9. The van der Waals surface area contributed by atoms with Gasteiger partial charge in [-0.2, -0.15) is 0 Å². The largest absolute Gasteiger partial charge is 0.454 e. The van der Waals surface area contributed by atoms with Gasteiger partial charge in [-0.15, -0.1) is 0 Å². The number of nitrogens with one attached hydrogen (secondary N) is 2. The predicted molar refractivity (Wildman–Crippen MR) is 87.3 cm³/mol. The van der Waals surface area contributed by atoms with Crippen molar-refractivity contribution in [2.24, 2.45) is 0 Å². The van der Waals surface area contributed by atoms with Crippen LogP contribution in [0.1, 0.15) is 16.7 Å². The molecule has 23 heavy (non-hydrogen) atoms. The van der Waals surface area contributed by atoms with Gasteiger partial charge in [-0.3, -0.25) is 4.79 Å². The van der Waals surface area contributed by atoms with Gasteiger partial charge in [0.15, 0.2) is 11.5 Å². The van der Waals surface area contributed by atoms with Crippen molar-refractivity contribution >= 4 is 5.91 Å². The lowest BCUT2D eigenvalue weighted by Gasteiger charge is -2.08. The third-order valence-electron chi connectivity index (χ3n) is 3.62. The minimum Gasteiger partial charge on any atom is -0.454 e. The molecule has 0 saturated carbocycles. The second-order valence-electron chi connectivity index (χ2n) is 5.56. The number of amides is 1.